The minimum atomic E-state index is -0.139. The van der Waals surface area contributed by atoms with E-state index in [4.69, 9.17) is 0 Å². The summed E-state index contributed by atoms with van der Waals surface area (Å²) in [6.07, 6.45) is 2.30. The van der Waals surface area contributed by atoms with Gasteiger partial charge in [0.2, 0.25) is 5.91 Å². The normalized spacial score (nSPS) is 18.8. The van der Waals surface area contributed by atoms with Gasteiger partial charge in [-0.25, -0.2) is 0 Å². The van der Waals surface area contributed by atoms with Crippen LogP contribution in [0.3, 0.4) is 0 Å². The Morgan fingerprint density at radius 3 is 2.32 bits per heavy atom. The van der Waals surface area contributed by atoms with Gasteiger partial charge in [-0.05, 0) is 52.6 Å². The van der Waals surface area contributed by atoms with Gasteiger partial charge in [0.15, 0.2) is 0 Å². The molecule has 112 valence electrons. The zero-order valence-electron chi connectivity index (χ0n) is 13.3. The van der Waals surface area contributed by atoms with E-state index in [-0.39, 0.29) is 11.4 Å². The molecule has 1 heterocycles. The second kappa shape index (κ2) is 7.25. The monoisotopic (exact) mass is 269 g/mol. The average Bonchev–Trinajstić information content (AvgIpc) is 2.25. The Balaban J connectivity index is 2.17. The third-order valence-electron chi connectivity index (χ3n) is 3.28. The zero-order valence-corrected chi connectivity index (χ0v) is 13.3. The van der Waals surface area contributed by atoms with Crippen LogP contribution in [0, 0.1) is 5.92 Å². The fourth-order valence-corrected chi connectivity index (χ4v) is 2.54. The van der Waals surface area contributed by atoms with Crippen LogP contribution in [-0.2, 0) is 4.79 Å². The molecule has 4 heteroatoms. The summed E-state index contributed by atoms with van der Waals surface area (Å²) in [5, 5.41) is 6.36. The number of rotatable bonds is 5. The molecular formula is C15H31N3O. The Morgan fingerprint density at radius 2 is 1.84 bits per heavy atom. The molecule has 0 aromatic carbocycles. The zero-order chi connectivity index (χ0) is 14.5. The van der Waals surface area contributed by atoms with Crippen molar-refractivity contribution in [3.63, 3.8) is 0 Å². The van der Waals surface area contributed by atoms with Gasteiger partial charge in [0.1, 0.15) is 0 Å². The largest absolute Gasteiger partial charge is 0.350 e. The highest BCUT2D eigenvalue weighted by Gasteiger charge is 2.20. The summed E-state index contributed by atoms with van der Waals surface area (Å²) in [6, 6.07) is 0.495. The van der Waals surface area contributed by atoms with E-state index in [1.807, 2.05) is 20.8 Å². The Kier molecular flexibility index (Phi) is 6.27. The molecule has 19 heavy (non-hydrogen) atoms. The van der Waals surface area contributed by atoms with E-state index in [9.17, 15) is 4.79 Å². The lowest BCUT2D eigenvalue weighted by Gasteiger charge is -2.33. The van der Waals surface area contributed by atoms with E-state index < -0.39 is 0 Å². The summed E-state index contributed by atoms with van der Waals surface area (Å²) in [6.45, 7) is 14.5. The van der Waals surface area contributed by atoms with E-state index in [0.717, 1.165) is 31.8 Å². The van der Waals surface area contributed by atoms with Crippen LogP contribution in [0.4, 0.5) is 0 Å². The Hall–Kier alpha value is -0.610. The summed E-state index contributed by atoms with van der Waals surface area (Å²) in [4.78, 5) is 14.3. The first-order valence-electron chi connectivity index (χ1n) is 7.53. The highest BCUT2D eigenvalue weighted by atomic mass is 16.2. The number of piperidine rings is 1. The van der Waals surface area contributed by atoms with Gasteiger partial charge in [-0.1, -0.05) is 13.8 Å². The van der Waals surface area contributed by atoms with Crippen molar-refractivity contribution < 1.29 is 4.79 Å². The lowest BCUT2D eigenvalue weighted by Crippen LogP contribution is -2.49. The molecule has 0 spiro atoms. The van der Waals surface area contributed by atoms with Crippen LogP contribution >= 0.6 is 0 Å². The molecule has 1 amide bonds. The number of carbonyl (C=O) groups is 1. The van der Waals surface area contributed by atoms with Crippen LogP contribution in [0.1, 0.15) is 47.5 Å². The van der Waals surface area contributed by atoms with Crippen molar-refractivity contribution in [2.45, 2.75) is 59.0 Å². The second-order valence-electron chi connectivity index (χ2n) is 7.15. The third kappa shape index (κ3) is 7.53. The van der Waals surface area contributed by atoms with Crippen LogP contribution in [0.15, 0.2) is 0 Å². The van der Waals surface area contributed by atoms with Crippen molar-refractivity contribution in [3.8, 4) is 0 Å². The fourth-order valence-electron chi connectivity index (χ4n) is 2.54. The van der Waals surface area contributed by atoms with E-state index in [2.05, 4.69) is 29.4 Å². The van der Waals surface area contributed by atoms with Crippen LogP contribution in [0.2, 0.25) is 0 Å². The minimum Gasteiger partial charge on any atom is -0.350 e. The van der Waals surface area contributed by atoms with Gasteiger partial charge in [-0.2, -0.15) is 0 Å². The van der Waals surface area contributed by atoms with Crippen molar-refractivity contribution in [2.24, 2.45) is 5.92 Å². The van der Waals surface area contributed by atoms with Crippen LogP contribution in [-0.4, -0.2) is 48.6 Å². The number of amides is 1. The highest BCUT2D eigenvalue weighted by molar-refractivity contribution is 5.78. The molecule has 0 aromatic heterocycles. The van der Waals surface area contributed by atoms with Crippen molar-refractivity contribution in [1.29, 1.82) is 0 Å². The smallest absolute Gasteiger partial charge is 0.234 e. The SMILES string of the molecule is CC(C)CN1CCC(NCC(=O)NC(C)(C)C)CC1. The van der Waals surface area contributed by atoms with Crippen molar-refractivity contribution in [1.82, 2.24) is 15.5 Å². The molecule has 1 aliphatic rings. The molecule has 1 rings (SSSR count). The van der Waals surface area contributed by atoms with Crippen molar-refractivity contribution in [3.05, 3.63) is 0 Å². The quantitative estimate of drug-likeness (QED) is 0.797. The number of carbonyl (C=O) groups excluding carboxylic acids is 1. The van der Waals surface area contributed by atoms with Gasteiger partial charge >= 0.3 is 0 Å². The van der Waals surface area contributed by atoms with E-state index in [1.54, 1.807) is 0 Å². The summed E-state index contributed by atoms with van der Waals surface area (Å²) in [5.41, 5.74) is -0.139. The summed E-state index contributed by atoms with van der Waals surface area (Å²) in [7, 11) is 0. The van der Waals surface area contributed by atoms with Crippen molar-refractivity contribution >= 4 is 5.91 Å². The maximum absolute atomic E-state index is 11.7. The highest BCUT2D eigenvalue weighted by Crippen LogP contribution is 2.11. The minimum absolute atomic E-state index is 0.0945. The lowest BCUT2D eigenvalue weighted by atomic mass is 10.0. The molecule has 0 saturated carbocycles. The van der Waals surface area contributed by atoms with Gasteiger partial charge in [0.05, 0.1) is 6.54 Å². The average molecular weight is 269 g/mol. The Labute approximate surface area is 118 Å². The van der Waals surface area contributed by atoms with E-state index in [1.165, 1.54) is 6.54 Å². The van der Waals surface area contributed by atoms with E-state index >= 15 is 0 Å². The summed E-state index contributed by atoms with van der Waals surface area (Å²) >= 11 is 0. The first kappa shape index (κ1) is 16.4. The molecule has 0 atom stereocenters. The van der Waals surface area contributed by atoms with Crippen LogP contribution in [0.25, 0.3) is 0 Å². The molecule has 0 aliphatic carbocycles. The number of hydrogen-bond acceptors (Lipinski definition) is 3. The Morgan fingerprint density at radius 1 is 1.26 bits per heavy atom. The van der Waals surface area contributed by atoms with Crippen molar-refractivity contribution in [2.75, 3.05) is 26.2 Å². The van der Waals surface area contributed by atoms with Gasteiger partial charge in [0, 0.05) is 18.1 Å². The number of hydrogen-bond donors (Lipinski definition) is 2. The molecule has 1 saturated heterocycles. The molecule has 0 unspecified atom stereocenters. The van der Waals surface area contributed by atoms with Gasteiger partial charge < -0.3 is 15.5 Å². The summed E-state index contributed by atoms with van der Waals surface area (Å²) < 4.78 is 0. The molecule has 0 radical (unpaired) electrons. The molecule has 1 fully saturated rings. The number of nitrogens with one attached hydrogen (secondary N) is 2. The lowest BCUT2D eigenvalue weighted by molar-refractivity contribution is -0.121. The molecule has 0 bridgehead atoms. The predicted molar refractivity (Wildman–Crippen MR) is 80.2 cm³/mol. The first-order chi connectivity index (χ1) is 8.76. The van der Waals surface area contributed by atoms with Gasteiger partial charge in [0.25, 0.3) is 0 Å². The molecule has 4 nitrogen and oxygen atoms in total. The number of nitrogens with zero attached hydrogens (tertiary/aromatic N) is 1. The van der Waals surface area contributed by atoms with Gasteiger partial charge in [-0.15, -0.1) is 0 Å². The number of likely N-dealkylation sites (tertiary alicyclic amines) is 1. The maximum atomic E-state index is 11.7. The standard InChI is InChI=1S/C15H31N3O/c1-12(2)11-18-8-6-13(7-9-18)16-10-14(19)17-15(3,4)5/h12-13,16H,6-11H2,1-5H3,(H,17,19). The first-order valence-corrected chi connectivity index (χ1v) is 7.53. The Bertz CT molecular complexity index is 276. The maximum Gasteiger partial charge on any atom is 0.234 e. The van der Waals surface area contributed by atoms with E-state index in [0.29, 0.717) is 12.6 Å². The molecular weight excluding hydrogens is 238 g/mol. The topological polar surface area (TPSA) is 44.4 Å². The molecule has 2 N–H and O–H groups in total. The fraction of sp³-hybridized carbons (Fsp3) is 0.933. The summed E-state index contributed by atoms with van der Waals surface area (Å²) in [5.74, 6) is 0.833. The third-order valence-corrected chi connectivity index (χ3v) is 3.28. The van der Waals surface area contributed by atoms with Gasteiger partial charge in [-0.3, -0.25) is 4.79 Å². The molecule has 0 aromatic rings. The predicted octanol–water partition coefficient (Wildman–Crippen LogP) is 1.61. The second-order valence-corrected chi connectivity index (χ2v) is 7.15. The van der Waals surface area contributed by atoms with Crippen LogP contribution < -0.4 is 10.6 Å². The van der Waals surface area contributed by atoms with Crippen LogP contribution in [0.5, 0.6) is 0 Å². The molecule has 1 aliphatic heterocycles.